The molecule has 0 bridgehead atoms. The molecule has 9 heteroatoms. The lowest BCUT2D eigenvalue weighted by Crippen LogP contribution is -2.28. The highest BCUT2D eigenvalue weighted by Gasteiger charge is 2.36. The molecule has 0 aliphatic carbocycles. The molecule has 0 saturated heterocycles. The number of aryl methyl sites for hydroxylation is 1. The van der Waals surface area contributed by atoms with Crippen molar-refractivity contribution >= 4 is 32.1 Å². The van der Waals surface area contributed by atoms with E-state index in [-0.39, 0.29) is 22.4 Å². The van der Waals surface area contributed by atoms with Gasteiger partial charge in [-0.05, 0) is 41.7 Å². The Morgan fingerprint density at radius 2 is 1.73 bits per heavy atom. The first kappa shape index (κ1) is 25.2. The summed E-state index contributed by atoms with van der Waals surface area (Å²) in [6.07, 6.45) is 5.30. The summed E-state index contributed by atoms with van der Waals surface area (Å²) in [5.74, 6) is -1.55. The van der Waals surface area contributed by atoms with E-state index in [0.29, 0.717) is 28.8 Å². The van der Waals surface area contributed by atoms with E-state index < -0.39 is 27.5 Å². The number of aromatic nitrogens is 2. The van der Waals surface area contributed by atoms with Gasteiger partial charge in [0.2, 0.25) is 0 Å². The first-order chi connectivity index (χ1) is 17.2. The van der Waals surface area contributed by atoms with Gasteiger partial charge in [0.15, 0.2) is 9.84 Å². The Kier molecular flexibility index (Phi) is 5.82. The van der Waals surface area contributed by atoms with Gasteiger partial charge in [-0.15, -0.1) is 0 Å². The quantitative estimate of drug-likeness (QED) is 0.355. The first-order valence-corrected chi connectivity index (χ1v) is 14.1. The third-order valence-corrected chi connectivity index (χ3v) is 7.58. The predicted octanol–water partition coefficient (Wildman–Crippen LogP) is 5.99. The molecular weight excluding hydrogens is 496 g/mol. The fourth-order valence-electron chi connectivity index (χ4n) is 5.32. The van der Waals surface area contributed by atoms with E-state index >= 15 is 4.39 Å². The number of hydrogen-bond donors (Lipinski definition) is 1. The van der Waals surface area contributed by atoms with Gasteiger partial charge in [-0.3, -0.25) is 4.79 Å². The summed E-state index contributed by atoms with van der Waals surface area (Å²) in [5, 5.41) is 0.722. The summed E-state index contributed by atoms with van der Waals surface area (Å²) in [6, 6.07) is 8.42. The molecule has 0 fully saturated rings. The zero-order chi connectivity index (χ0) is 26.9. The van der Waals surface area contributed by atoms with Crippen LogP contribution in [0.2, 0.25) is 0 Å². The number of nitrogens with one attached hydrogen (secondary N) is 1. The zero-order valence-electron chi connectivity index (χ0n) is 21.4. The normalized spacial score (nSPS) is 15.6. The van der Waals surface area contributed by atoms with Crippen molar-refractivity contribution < 1.29 is 17.2 Å². The largest absolute Gasteiger partial charge is 0.356 e. The van der Waals surface area contributed by atoms with Crippen molar-refractivity contribution in [2.45, 2.75) is 39.0 Å². The lowest BCUT2D eigenvalue weighted by Gasteiger charge is -2.37. The monoisotopic (exact) mass is 525 g/mol. The van der Waals surface area contributed by atoms with Crippen molar-refractivity contribution in [3.63, 3.8) is 0 Å². The van der Waals surface area contributed by atoms with E-state index in [1.165, 1.54) is 23.0 Å². The van der Waals surface area contributed by atoms with Crippen molar-refractivity contribution in [3.8, 4) is 11.1 Å². The Morgan fingerprint density at radius 1 is 1.03 bits per heavy atom. The van der Waals surface area contributed by atoms with Gasteiger partial charge in [-0.25, -0.2) is 17.2 Å². The number of halogens is 2. The average Bonchev–Trinajstić information content (AvgIpc) is 3.17. The fourth-order valence-corrected chi connectivity index (χ4v) is 6.11. The summed E-state index contributed by atoms with van der Waals surface area (Å²) >= 11 is 0. The van der Waals surface area contributed by atoms with Crippen LogP contribution in [0, 0.1) is 17.0 Å². The van der Waals surface area contributed by atoms with Crippen molar-refractivity contribution in [1.82, 2.24) is 9.55 Å². The maximum Gasteiger partial charge on any atom is 0.274 e. The van der Waals surface area contributed by atoms with Crippen molar-refractivity contribution in [2.75, 3.05) is 11.2 Å². The van der Waals surface area contributed by atoms with Crippen LogP contribution in [0.5, 0.6) is 0 Å². The Labute approximate surface area is 214 Å². The summed E-state index contributed by atoms with van der Waals surface area (Å²) < 4.78 is 55.1. The molecule has 6 nitrogen and oxygen atoms in total. The summed E-state index contributed by atoms with van der Waals surface area (Å²) in [6.45, 7) is 6.26. The van der Waals surface area contributed by atoms with Crippen molar-refractivity contribution in [2.24, 2.45) is 12.5 Å². The minimum atomic E-state index is -3.32. The number of hydrogen-bond acceptors (Lipinski definition) is 4. The van der Waals surface area contributed by atoms with Crippen LogP contribution in [-0.2, 0) is 22.6 Å². The SMILES string of the molecule is Cn1cc2c3c(c[nH]c3c1=O)C(CC(C)(C)C)N(c1ccc(F)cc1F)c1ccc(CS(C)(=O)=O)cc1-2. The van der Waals surface area contributed by atoms with Crippen LogP contribution in [0.15, 0.2) is 53.6 Å². The van der Waals surface area contributed by atoms with Crippen LogP contribution in [0.25, 0.3) is 22.0 Å². The molecule has 0 saturated carbocycles. The number of benzene rings is 2. The summed E-state index contributed by atoms with van der Waals surface area (Å²) in [4.78, 5) is 18.1. The van der Waals surface area contributed by atoms with Gasteiger partial charge in [-0.1, -0.05) is 26.8 Å². The smallest absolute Gasteiger partial charge is 0.274 e. The molecule has 1 unspecified atom stereocenters. The number of pyridine rings is 1. The summed E-state index contributed by atoms with van der Waals surface area (Å²) in [5.41, 5.74) is 3.69. The lowest BCUT2D eigenvalue weighted by molar-refractivity contribution is 0.341. The van der Waals surface area contributed by atoms with E-state index in [1.54, 1.807) is 37.6 Å². The number of rotatable bonds is 4. The Morgan fingerprint density at radius 3 is 2.38 bits per heavy atom. The molecular formula is C28H29F2N3O3S. The topological polar surface area (TPSA) is 75.2 Å². The second-order valence-corrected chi connectivity index (χ2v) is 13.3. The number of anilines is 2. The van der Waals surface area contributed by atoms with E-state index in [1.807, 2.05) is 4.90 Å². The average molecular weight is 526 g/mol. The van der Waals surface area contributed by atoms with Crippen LogP contribution < -0.4 is 10.5 Å². The molecule has 1 aliphatic heterocycles. The third kappa shape index (κ3) is 4.56. The highest BCUT2D eigenvalue weighted by molar-refractivity contribution is 7.89. The van der Waals surface area contributed by atoms with Crippen molar-refractivity contribution in [1.29, 1.82) is 0 Å². The Bertz CT molecular complexity index is 1720. The highest BCUT2D eigenvalue weighted by Crippen LogP contribution is 2.51. The first-order valence-electron chi connectivity index (χ1n) is 12.0. The molecule has 2 aromatic carbocycles. The minimum Gasteiger partial charge on any atom is -0.356 e. The van der Waals surface area contributed by atoms with Crippen LogP contribution in [0.4, 0.5) is 20.2 Å². The summed E-state index contributed by atoms with van der Waals surface area (Å²) in [7, 11) is -1.66. The van der Waals surface area contributed by atoms with E-state index in [9.17, 15) is 17.6 Å². The molecule has 2 aromatic heterocycles. The molecule has 0 radical (unpaired) electrons. The number of fused-ring (bicyclic) bond motifs is 2. The molecule has 194 valence electrons. The minimum absolute atomic E-state index is 0.161. The number of H-pyrrole nitrogens is 1. The van der Waals surface area contributed by atoms with Gasteiger partial charge in [0.25, 0.3) is 5.56 Å². The predicted molar refractivity (Wildman–Crippen MR) is 143 cm³/mol. The number of aromatic amines is 1. The van der Waals surface area contributed by atoms with Crippen LogP contribution in [0.3, 0.4) is 0 Å². The highest BCUT2D eigenvalue weighted by atomic mass is 32.2. The molecule has 5 rings (SSSR count). The number of sulfone groups is 1. The molecule has 4 aromatic rings. The molecule has 1 atom stereocenters. The van der Waals surface area contributed by atoms with Crippen LogP contribution >= 0.6 is 0 Å². The van der Waals surface area contributed by atoms with Gasteiger partial charge < -0.3 is 14.5 Å². The van der Waals surface area contributed by atoms with Gasteiger partial charge in [0.05, 0.1) is 17.5 Å². The third-order valence-electron chi connectivity index (χ3n) is 6.72. The molecule has 0 amide bonds. The Balaban J connectivity index is 1.92. The van der Waals surface area contributed by atoms with E-state index in [0.717, 1.165) is 22.6 Å². The van der Waals surface area contributed by atoms with Gasteiger partial charge >= 0.3 is 0 Å². The lowest BCUT2D eigenvalue weighted by atomic mass is 9.84. The van der Waals surface area contributed by atoms with E-state index in [4.69, 9.17) is 0 Å². The van der Waals surface area contributed by atoms with Crippen LogP contribution in [0.1, 0.15) is 44.4 Å². The zero-order valence-corrected chi connectivity index (χ0v) is 22.2. The van der Waals surface area contributed by atoms with Gasteiger partial charge in [-0.2, -0.15) is 0 Å². The maximum absolute atomic E-state index is 15.4. The standard InChI is InChI=1S/C28H29F2N3O3S/c1-28(2,3)12-24-19-13-31-26-25(19)20(14-32(4)27(26)34)18-10-16(15-37(5,35)36)6-8-22(18)33(24)23-9-7-17(29)11-21(23)30/h6-11,13-14,24,31H,12,15H2,1-5H3. The second kappa shape index (κ2) is 8.55. The van der Waals surface area contributed by atoms with Crippen LogP contribution in [-0.4, -0.2) is 24.2 Å². The molecule has 0 spiro atoms. The fraction of sp³-hybridized carbons (Fsp3) is 0.321. The second-order valence-electron chi connectivity index (χ2n) is 11.1. The van der Waals surface area contributed by atoms with Crippen molar-refractivity contribution in [3.05, 3.63) is 81.9 Å². The number of nitrogens with zero attached hydrogens (tertiary/aromatic N) is 2. The maximum atomic E-state index is 15.4. The molecule has 37 heavy (non-hydrogen) atoms. The van der Waals surface area contributed by atoms with E-state index in [2.05, 4.69) is 25.8 Å². The molecule has 1 N–H and O–H groups in total. The van der Waals surface area contributed by atoms with Gasteiger partial charge in [0.1, 0.15) is 17.2 Å². The Hall–Kier alpha value is -3.46. The molecule has 3 heterocycles. The molecule has 1 aliphatic rings. The van der Waals surface area contributed by atoms with Gasteiger partial charge in [0, 0.05) is 59.5 Å².